The minimum atomic E-state index is 0.826. The lowest BCUT2D eigenvalue weighted by Crippen LogP contribution is -2.31. The second-order valence-electron chi connectivity index (χ2n) is 12.9. The van der Waals surface area contributed by atoms with Gasteiger partial charge in [-0.1, -0.05) is 180 Å². The molecule has 0 aromatic heterocycles. The van der Waals surface area contributed by atoms with Gasteiger partial charge in [0, 0.05) is 0 Å². The molecule has 0 aromatic carbocycles. The largest absolute Gasteiger partial charge is 0.0885 e. The molecule has 0 spiro atoms. The van der Waals surface area contributed by atoms with Crippen LogP contribution in [0.25, 0.3) is 0 Å². The molecule has 4 unspecified atom stereocenters. The zero-order valence-corrected chi connectivity index (χ0v) is 27.0. The third-order valence-corrected chi connectivity index (χ3v) is 9.48. The van der Waals surface area contributed by atoms with Crippen molar-refractivity contribution in [2.45, 2.75) is 195 Å². The van der Waals surface area contributed by atoms with E-state index in [1.165, 1.54) is 167 Å². The second-order valence-corrected chi connectivity index (χ2v) is 12.9. The summed E-state index contributed by atoms with van der Waals surface area (Å²) in [4.78, 5) is 0. The Hall–Kier alpha value is -0.520. The molecule has 0 bridgehead atoms. The topological polar surface area (TPSA) is 0 Å². The van der Waals surface area contributed by atoms with Crippen LogP contribution in [0.4, 0.5) is 0 Å². The molecular formula is C38H72. The highest BCUT2D eigenvalue weighted by Gasteiger charge is 2.34. The molecule has 0 heteroatoms. The van der Waals surface area contributed by atoms with Crippen LogP contribution in [0.3, 0.4) is 0 Å². The van der Waals surface area contributed by atoms with Gasteiger partial charge in [0.15, 0.2) is 0 Å². The molecule has 38 heavy (non-hydrogen) atoms. The van der Waals surface area contributed by atoms with Crippen LogP contribution in [0.2, 0.25) is 0 Å². The van der Waals surface area contributed by atoms with Crippen molar-refractivity contribution in [2.24, 2.45) is 23.7 Å². The normalized spacial score (nSPS) is 21.6. The summed E-state index contributed by atoms with van der Waals surface area (Å²) in [6, 6.07) is 0. The quantitative estimate of drug-likeness (QED) is 0.0734. The van der Waals surface area contributed by atoms with Crippen LogP contribution in [0.15, 0.2) is 24.3 Å². The monoisotopic (exact) mass is 529 g/mol. The molecule has 4 atom stereocenters. The van der Waals surface area contributed by atoms with Gasteiger partial charge >= 0.3 is 0 Å². The molecule has 0 nitrogen and oxygen atoms in total. The lowest BCUT2D eigenvalue weighted by molar-refractivity contribution is 0.159. The number of allylic oxidation sites excluding steroid dienone is 4. The van der Waals surface area contributed by atoms with Crippen LogP contribution >= 0.6 is 0 Å². The number of hydrogen-bond acceptors (Lipinski definition) is 0. The van der Waals surface area contributed by atoms with E-state index < -0.39 is 0 Å². The van der Waals surface area contributed by atoms with Crippen LogP contribution in [0, 0.1) is 23.7 Å². The molecule has 224 valence electrons. The fourth-order valence-corrected chi connectivity index (χ4v) is 6.97. The lowest BCUT2D eigenvalue weighted by atomic mass is 9.65. The zero-order chi connectivity index (χ0) is 27.5. The number of hydrogen-bond donors (Lipinski definition) is 0. The van der Waals surface area contributed by atoms with Crippen LogP contribution in [0.5, 0.6) is 0 Å². The molecule has 0 amide bonds. The first-order chi connectivity index (χ1) is 18.8. The molecule has 0 heterocycles. The first-order valence-electron chi connectivity index (χ1n) is 18.1. The first-order valence-corrected chi connectivity index (χ1v) is 18.1. The molecule has 1 aliphatic rings. The molecule has 0 aliphatic heterocycles. The molecule has 0 radical (unpaired) electrons. The Bertz CT molecular complexity index is 528. The maximum Gasteiger partial charge on any atom is -0.0199 e. The molecule has 0 fully saturated rings. The minimum Gasteiger partial charge on any atom is -0.0885 e. The van der Waals surface area contributed by atoms with Crippen molar-refractivity contribution in [2.75, 3.05) is 0 Å². The maximum absolute atomic E-state index is 2.73. The van der Waals surface area contributed by atoms with E-state index in [9.17, 15) is 0 Å². The SMILES string of the molecule is CCCCC/C=C/CC1C(CCCCCC)C=CC(CCCCCCCCC)C1CCCCCCCCC. The molecule has 1 rings (SSSR count). The Kier molecular flexibility index (Phi) is 24.9. The van der Waals surface area contributed by atoms with Gasteiger partial charge in [-0.2, -0.15) is 0 Å². The van der Waals surface area contributed by atoms with E-state index in [-0.39, 0.29) is 0 Å². The van der Waals surface area contributed by atoms with Gasteiger partial charge in [-0.25, -0.2) is 0 Å². The third kappa shape index (κ3) is 17.9. The van der Waals surface area contributed by atoms with Gasteiger partial charge in [-0.15, -0.1) is 0 Å². The smallest absolute Gasteiger partial charge is 0.0199 e. The molecule has 1 aliphatic carbocycles. The summed E-state index contributed by atoms with van der Waals surface area (Å²) in [5.74, 6) is 3.48. The summed E-state index contributed by atoms with van der Waals surface area (Å²) in [7, 11) is 0. The first kappa shape index (κ1) is 35.5. The van der Waals surface area contributed by atoms with Gasteiger partial charge in [0.1, 0.15) is 0 Å². The Morgan fingerprint density at radius 2 is 0.789 bits per heavy atom. The van der Waals surface area contributed by atoms with Crippen LogP contribution in [0.1, 0.15) is 195 Å². The highest BCUT2D eigenvalue weighted by molar-refractivity contribution is 5.06. The fourth-order valence-electron chi connectivity index (χ4n) is 6.97. The second kappa shape index (κ2) is 26.7. The van der Waals surface area contributed by atoms with Crippen molar-refractivity contribution >= 4 is 0 Å². The van der Waals surface area contributed by atoms with E-state index in [2.05, 4.69) is 52.0 Å². The summed E-state index contributed by atoms with van der Waals surface area (Å²) in [5.41, 5.74) is 0. The van der Waals surface area contributed by atoms with Gasteiger partial charge < -0.3 is 0 Å². The van der Waals surface area contributed by atoms with Gasteiger partial charge in [-0.3, -0.25) is 0 Å². The predicted octanol–water partition coefficient (Wildman–Crippen LogP) is 13.8. The highest BCUT2D eigenvalue weighted by Crippen LogP contribution is 2.44. The summed E-state index contributed by atoms with van der Waals surface area (Å²) >= 11 is 0. The lowest BCUT2D eigenvalue weighted by Gasteiger charge is -2.40. The van der Waals surface area contributed by atoms with E-state index in [1.54, 1.807) is 0 Å². The van der Waals surface area contributed by atoms with Gasteiger partial charge in [0.2, 0.25) is 0 Å². The average molecular weight is 529 g/mol. The minimum absolute atomic E-state index is 0.826. The zero-order valence-electron chi connectivity index (χ0n) is 27.0. The molecule has 0 saturated heterocycles. The Morgan fingerprint density at radius 3 is 1.32 bits per heavy atom. The van der Waals surface area contributed by atoms with E-state index in [4.69, 9.17) is 0 Å². The van der Waals surface area contributed by atoms with E-state index >= 15 is 0 Å². The van der Waals surface area contributed by atoms with Crippen LogP contribution in [-0.2, 0) is 0 Å². The van der Waals surface area contributed by atoms with E-state index in [0.29, 0.717) is 0 Å². The van der Waals surface area contributed by atoms with Crippen LogP contribution < -0.4 is 0 Å². The molecule has 0 aromatic rings. The highest BCUT2D eigenvalue weighted by atomic mass is 14.4. The maximum atomic E-state index is 2.73. The van der Waals surface area contributed by atoms with E-state index in [0.717, 1.165) is 23.7 Å². The molecule has 0 saturated carbocycles. The summed E-state index contributed by atoms with van der Waals surface area (Å²) in [6.45, 7) is 9.33. The Balaban J connectivity index is 2.77. The van der Waals surface area contributed by atoms with Gasteiger partial charge in [0.05, 0.1) is 0 Å². The summed E-state index contributed by atoms with van der Waals surface area (Å²) in [6.07, 6.45) is 47.5. The summed E-state index contributed by atoms with van der Waals surface area (Å²) in [5, 5.41) is 0. The Morgan fingerprint density at radius 1 is 0.395 bits per heavy atom. The van der Waals surface area contributed by atoms with Crippen molar-refractivity contribution in [3.63, 3.8) is 0 Å². The van der Waals surface area contributed by atoms with Crippen molar-refractivity contribution in [3.05, 3.63) is 24.3 Å². The Labute approximate surface area is 242 Å². The van der Waals surface area contributed by atoms with Crippen molar-refractivity contribution in [3.8, 4) is 0 Å². The van der Waals surface area contributed by atoms with Crippen LogP contribution in [-0.4, -0.2) is 0 Å². The summed E-state index contributed by atoms with van der Waals surface area (Å²) < 4.78 is 0. The number of rotatable bonds is 27. The number of unbranched alkanes of at least 4 members (excludes halogenated alkanes) is 18. The molecular weight excluding hydrogens is 456 g/mol. The molecule has 0 N–H and O–H groups in total. The van der Waals surface area contributed by atoms with E-state index in [1.807, 2.05) is 0 Å². The van der Waals surface area contributed by atoms with Crippen molar-refractivity contribution in [1.82, 2.24) is 0 Å². The third-order valence-electron chi connectivity index (χ3n) is 9.48. The van der Waals surface area contributed by atoms with Gasteiger partial charge in [0.25, 0.3) is 0 Å². The standard InChI is InChI=1S/C38H72/c1-5-9-13-17-20-22-26-30-36-34-33-35(29-25-16-12-8-4)37(31-27-23-19-15-11-7-3)38(36)32-28-24-21-18-14-10-6-2/h23,27,33-38H,5-22,24-26,28-32H2,1-4H3/b27-23+. The predicted molar refractivity (Wildman–Crippen MR) is 175 cm³/mol. The van der Waals surface area contributed by atoms with Crippen molar-refractivity contribution < 1.29 is 0 Å². The van der Waals surface area contributed by atoms with Gasteiger partial charge in [-0.05, 0) is 62.2 Å². The fraction of sp³-hybridized carbons (Fsp3) is 0.895. The average Bonchev–Trinajstić information content (AvgIpc) is 2.93. The van der Waals surface area contributed by atoms with Crippen molar-refractivity contribution in [1.29, 1.82) is 0 Å².